The van der Waals surface area contributed by atoms with E-state index in [1.807, 2.05) is 0 Å². The Labute approximate surface area is 107 Å². The van der Waals surface area contributed by atoms with E-state index in [9.17, 15) is 8.42 Å². The first-order valence-corrected chi connectivity index (χ1v) is 6.75. The number of rotatable bonds is 6. The minimum absolute atomic E-state index is 0.0760. The van der Waals surface area contributed by atoms with Crippen molar-refractivity contribution >= 4 is 10.0 Å². The first-order chi connectivity index (χ1) is 8.40. The minimum Gasteiger partial charge on any atom is -0.497 e. The van der Waals surface area contributed by atoms with Crippen molar-refractivity contribution in [2.45, 2.75) is 11.8 Å². The molecule has 0 atom stereocenters. The number of hydrogen-bond donors (Lipinski definition) is 1. The Morgan fingerprint density at radius 2 is 2.00 bits per heavy atom. The molecule has 0 saturated carbocycles. The van der Waals surface area contributed by atoms with Crippen LogP contribution in [0.3, 0.4) is 0 Å². The van der Waals surface area contributed by atoms with Crippen LogP contribution in [-0.2, 0) is 10.0 Å². The molecule has 0 fully saturated rings. The van der Waals surface area contributed by atoms with Gasteiger partial charge < -0.3 is 9.47 Å². The van der Waals surface area contributed by atoms with Crippen LogP contribution < -0.4 is 14.2 Å². The molecule has 100 valence electrons. The fraction of sp³-hybridized carbons (Fsp3) is 0.333. The van der Waals surface area contributed by atoms with E-state index in [0.29, 0.717) is 5.75 Å². The number of benzene rings is 1. The summed E-state index contributed by atoms with van der Waals surface area (Å²) in [5, 5.41) is 0. The lowest BCUT2D eigenvalue weighted by Crippen LogP contribution is -2.25. The molecule has 0 radical (unpaired) electrons. The molecule has 0 amide bonds. The SMILES string of the molecule is C=C(C)CNS(=O)(=O)c1ccc(OC)cc1OC. The zero-order chi connectivity index (χ0) is 13.8. The highest BCUT2D eigenvalue weighted by atomic mass is 32.2. The third kappa shape index (κ3) is 3.48. The summed E-state index contributed by atoms with van der Waals surface area (Å²) >= 11 is 0. The Bertz CT molecular complexity index is 537. The topological polar surface area (TPSA) is 64.6 Å². The Hall–Kier alpha value is -1.53. The average molecular weight is 271 g/mol. The van der Waals surface area contributed by atoms with Crippen LogP contribution >= 0.6 is 0 Å². The highest BCUT2D eigenvalue weighted by molar-refractivity contribution is 7.89. The van der Waals surface area contributed by atoms with Gasteiger partial charge in [0.15, 0.2) is 0 Å². The Balaban J connectivity index is 3.11. The van der Waals surface area contributed by atoms with Gasteiger partial charge >= 0.3 is 0 Å². The van der Waals surface area contributed by atoms with Crippen LogP contribution in [0.5, 0.6) is 11.5 Å². The van der Waals surface area contributed by atoms with Gasteiger partial charge in [0.1, 0.15) is 16.4 Å². The van der Waals surface area contributed by atoms with E-state index < -0.39 is 10.0 Å². The molecule has 0 aliphatic carbocycles. The van der Waals surface area contributed by atoms with Crippen LogP contribution in [0.15, 0.2) is 35.2 Å². The van der Waals surface area contributed by atoms with E-state index in [4.69, 9.17) is 9.47 Å². The fourth-order valence-corrected chi connectivity index (χ4v) is 2.54. The van der Waals surface area contributed by atoms with Gasteiger partial charge in [0.2, 0.25) is 10.0 Å². The number of methoxy groups -OCH3 is 2. The third-order valence-corrected chi connectivity index (χ3v) is 3.66. The molecule has 0 spiro atoms. The van der Waals surface area contributed by atoms with Gasteiger partial charge in [-0.25, -0.2) is 13.1 Å². The second-order valence-corrected chi connectivity index (χ2v) is 5.53. The Morgan fingerprint density at radius 3 is 2.50 bits per heavy atom. The maximum atomic E-state index is 12.0. The van der Waals surface area contributed by atoms with Gasteiger partial charge in [-0.2, -0.15) is 0 Å². The maximum absolute atomic E-state index is 12.0. The highest BCUT2D eigenvalue weighted by Crippen LogP contribution is 2.28. The molecule has 0 heterocycles. The van der Waals surface area contributed by atoms with Gasteiger partial charge in [-0.3, -0.25) is 0 Å². The van der Waals surface area contributed by atoms with E-state index in [1.54, 1.807) is 13.0 Å². The normalized spacial score (nSPS) is 11.1. The molecule has 6 heteroatoms. The zero-order valence-corrected chi connectivity index (χ0v) is 11.5. The first-order valence-electron chi connectivity index (χ1n) is 5.27. The van der Waals surface area contributed by atoms with E-state index in [-0.39, 0.29) is 17.2 Å². The van der Waals surface area contributed by atoms with Crippen molar-refractivity contribution in [1.29, 1.82) is 0 Å². The Kier molecular flexibility index (Phi) is 4.75. The molecule has 0 bridgehead atoms. The van der Waals surface area contributed by atoms with Crippen molar-refractivity contribution in [3.63, 3.8) is 0 Å². The summed E-state index contributed by atoms with van der Waals surface area (Å²) in [6.45, 7) is 5.58. The van der Waals surface area contributed by atoms with Gasteiger partial charge in [-0.15, -0.1) is 0 Å². The van der Waals surface area contributed by atoms with Gasteiger partial charge in [0.25, 0.3) is 0 Å². The third-order valence-electron chi connectivity index (χ3n) is 2.22. The predicted octanol–water partition coefficient (Wildman–Crippen LogP) is 1.56. The van der Waals surface area contributed by atoms with Crippen molar-refractivity contribution in [3.8, 4) is 11.5 Å². The zero-order valence-electron chi connectivity index (χ0n) is 10.7. The average Bonchev–Trinajstić information content (AvgIpc) is 2.35. The van der Waals surface area contributed by atoms with Crippen molar-refractivity contribution in [3.05, 3.63) is 30.4 Å². The molecule has 5 nitrogen and oxygen atoms in total. The molecule has 1 N–H and O–H groups in total. The van der Waals surface area contributed by atoms with Crippen molar-refractivity contribution in [1.82, 2.24) is 4.72 Å². The number of nitrogens with one attached hydrogen (secondary N) is 1. The van der Waals surface area contributed by atoms with Crippen molar-refractivity contribution in [2.75, 3.05) is 20.8 Å². The first kappa shape index (κ1) is 14.5. The molecule has 0 aliphatic heterocycles. The molecule has 1 aromatic carbocycles. The molecule has 0 aromatic heterocycles. The molecule has 0 aliphatic rings. The molecule has 1 aromatic rings. The van der Waals surface area contributed by atoms with E-state index in [1.165, 1.54) is 26.4 Å². The van der Waals surface area contributed by atoms with Crippen molar-refractivity contribution in [2.24, 2.45) is 0 Å². The second-order valence-electron chi connectivity index (χ2n) is 3.80. The van der Waals surface area contributed by atoms with Gasteiger partial charge in [-0.05, 0) is 19.1 Å². The standard InChI is InChI=1S/C12H17NO4S/c1-9(2)8-13-18(14,15)12-6-5-10(16-3)7-11(12)17-4/h5-7,13H,1,8H2,2-4H3. The lowest BCUT2D eigenvalue weighted by molar-refractivity contribution is 0.386. The lowest BCUT2D eigenvalue weighted by Gasteiger charge is -2.11. The number of hydrogen-bond acceptors (Lipinski definition) is 4. The second kappa shape index (κ2) is 5.88. The molecular formula is C12H17NO4S. The smallest absolute Gasteiger partial charge is 0.244 e. The van der Waals surface area contributed by atoms with Crippen molar-refractivity contribution < 1.29 is 17.9 Å². The Morgan fingerprint density at radius 1 is 1.33 bits per heavy atom. The summed E-state index contributed by atoms with van der Waals surface area (Å²) in [5.74, 6) is 0.772. The van der Waals surface area contributed by atoms with Crippen LogP contribution in [0.25, 0.3) is 0 Å². The molecular weight excluding hydrogens is 254 g/mol. The van der Waals surface area contributed by atoms with E-state index >= 15 is 0 Å². The highest BCUT2D eigenvalue weighted by Gasteiger charge is 2.19. The molecule has 18 heavy (non-hydrogen) atoms. The van der Waals surface area contributed by atoms with Crippen LogP contribution in [0.4, 0.5) is 0 Å². The summed E-state index contributed by atoms with van der Waals surface area (Å²) in [6.07, 6.45) is 0. The van der Waals surface area contributed by atoms with Gasteiger partial charge in [0.05, 0.1) is 14.2 Å². The summed E-state index contributed by atoms with van der Waals surface area (Å²) in [6, 6.07) is 4.53. The lowest BCUT2D eigenvalue weighted by atomic mass is 10.3. The summed E-state index contributed by atoms with van der Waals surface area (Å²) in [4.78, 5) is 0.0760. The summed E-state index contributed by atoms with van der Waals surface area (Å²) < 4.78 is 36.6. The van der Waals surface area contributed by atoms with Gasteiger partial charge in [0, 0.05) is 12.6 Å². The van der Waals surface area contributed by atoms with Crippen LogP contribution in [-0.4, -0.2) is 29.2 Å². The largest absolute Gasteiger partial charge is 0.497 e. The predicted molar refractivity (Wildman–Crippen MR) is 69.5 cm³/mol. The maximum Gasteiger partial charge on any atom is 0.244 e. The quantitative estimate of drug-likeness (QED) is 0.797. The van der Waals surface area contributed by atoms with Crippen LogP contribution in [0.2, 0.25) is 0 Å². The monoisotopic (exact) mass is 271 g/mol. The van der Waals surface area contributed by atoms with Crippen LogP contribution in [0, 0.1) is 0 Å². The van der Waals surface area contributed by atoms with Crippen LogP contribution in [0.1, 0.15) is 6.92 Å². The number of ether oxygens (including phenoxy) is 2. The minimum atomic E-state index is -3.61. The summed E-state index contributed by atoms with van der Waals surface area (Å²) in [5.41, 5.74) is 0.728. The van der Waals surface area contributed by atoms with Gasteiger partial charge in [-0.1, -0.05) is 12.2 Å². The number of sulfonamides is 1. The summed E-state index contributed by atoms with van der Waals surface area (Å²) in [7, 11) is -0.703. The molecule has 0 saturated heterocycles. The fourth-order valence-electron chi connectivity index (χ4n) is 1.29. The van der Waals surface area contributed by atoms with E-state index in [2.05, 4.69) is 11.3 Å². The molecule has 0 unspecified atom stereocenters. The van der Waals surface area contributed by atoms with E-state index in [0.717, 1.165) is 5.57 Å². The molecule has 1 rings (SSSR count).